The summed E-state index contributed by atoms with van der Waals surface area (Å²) < 4.78 is 13.4. The van der Waals surface area contributed by atoms with Crippen LogP contribution in [-0.4, -0.2) is 85.2 Å². The summed E-state index contributed by atoms with van der Waals surface area (Å²) in [6, 6.07) is 4.56. The third-order valence-electron chi connectivity index (χ3n) is 7.02. The number of nitrogens with zero attached hydrogens (tertiary/aromatic N) is 5. The van der Waals surface area contributed by atoms with Crippen LogP contribution in [0.2, 0.25) is 0 Å². The van der Waals surface area contributed by atoms with Gasteiger partial charge in [0.15, 0.2) is 0 Å². The molecular formula is C24H29BN6O3. The fourth-order valence-corrected chi connectivity index (χ4v) is 5.33. The fraction of sp³-hybridized carbons (Fsp3) is 0.500. The Labute approximate surface area is 199 Å². The van der Waals surface area contributed by atoms with E-state index in [9.17, 15) is 4.79 Å². The minimum atomic E-state index is -0.0460. The van der Waals surface area contributed by atoms with Crippen molar-refractivity contribution in [3.8, 4) is 5.75 Å². The number of amides is 1. The Morgan fingerprint density at radius 3 is 2.91 bits per heavy atom. The van der Waals surface area contributed by atoms with Gasteiger partial charge in [-0.05, 0) is 0 Å². The molecule has 10 heteroatoms. The molecule has 1 aromatic heterocycles. The molecular weight excluding hydrogens is 431 g/mol. The molecule has 0 radical (unpaired) electrons. The molecule has 34 heavy (non-hydrogen) atoms. The predicted molar refractivity (Wildman–Crippen MR) is 133 cm³/mol. The summed E-state index contributed by atoms with van der Waals surface area (Å²) in [5, 5.41) is 3.63. The molecule has 0 saturated carbocycles. The van der Waals surface area contributed by atoms with Gasteiger partial charge in [-0.1, -0.05) is 0 Å². The molecule has 0 spiro atoms. The molecule has 0 aliphatic carbocycles. The van der Waals surface area contributed by atoms with E-state index in [1.54, 1.807) is 4.90 Å². The Bertz CT molecular complexity index is 1190. The van der Waals surface area contributed by atoms with Crippen molar-refractivity contribution >= 4 is 42.5 Å². The second kappa shape index (κ2) is 8.58. The van der Waals surface area contributed by atoms with E-state index in [0.717, 1.165) is 61.7 Å². The maximum atomic E-state index is 13.7. The third-order valence-corrected chi connectivity index (χ3v) is 7.02. The SMILES string of the molecule is C=Bc1cc(Cn2c(NC3CCOCC3)nc3c2C(=O)N(CC)C2=NCCN23)cc2c1OCC2. The van der Waals surface area contributed by atoms with Crippen LogP contribution in [0.3, 0.4) is 0 Å². The van der Waals surface area contributed by atoms with Crippen molar-refractivity contribution in [3.63, 3.8) is 0 Å². The Balaban J connectivity index is 1.45. The van der Waals surface area contributed by atoms with Crippen LogP contribution >= 0.6 is 0 Å². The summed E-state index contributed by atoms with van der Waals surface area (Å²) in [4.78, 5) is 27.1. The van der Waals surface area contributed by atoms with Gasteiger partial charge in [-0.15, -0.1) is 0 Å². The number of carbonyl (C=O) groups is 1. The number of imidazole rings is 1. The molecule has 6 rings (SSSR count). The number of guanidine groups is 1. The average molecular weight is 460 g/mol. The fourth-order valence-electron chi connectivity index (χ4n) is 5.33. The van der Waals surface area contributed by atoms with Crippen molar-refractivity contribution in [2.24, 2.45) is 4.99 Å². The number of nitrogens with one attached hydrogen (secondary N) is 1. The molecule has 2 aromatic rings. The first kappa shape index (κ1) is 21.4. The van der Waals surface area contributed by atoms with Crippen LogP contribution in [0.25, 0.3) is 0 Å². The molecule has 0 atom stereocenters. The van der Waals surface area contributed by atoms with E-state index in [0.29, 0.717) is 43.7 Å². The van der Waals surface area contributed by atoms with Crippen LogP contribution in [0.1, 0.15) is 41.4 Å². The summed E-state index contributed by atoms with van der Waals surface area (Å²) in [6.45, 7) is 12.5. The summed E-state index contributed by atoms with van der Waals surface area (Å²) in [6.07, 6.45) is 2.72. The van der Waals surface area contributed by atoms with Gasteiger partial charge in [0.05, 0.1) is 0 Å². The van der Waals surface area contributed by atoms with Crippen LogP contribution in [0.4, 0.5) is 11.8 Å². The second-order valence-electron chi connectivity index (χ2n) is 9.08. The van der Waals surface area contributed by atoms with Gasteiger partial charge < -0.3 is 0 Å². The number of hydrogen-bond acceptors (Lipinski definition) is 7. The molecule has 1 saturated heterocycles. The first-order valence-corrected chi connectivity index (χ1v) is 12.2. The van der Waals surface area contributed by atoms with Crippen LogP contribution in [0.15, 0.2) is 17.1 Å². The summed E-state index contributed by atoms with van der Waals surface area (Å²) >= 11 is 0. The Hall–Kier alpha value is -3.14. The number of ether oxygens (including phenoxy) is 2. The number of aromatic nitrogens is 2. The molecule has 5 heterocycles. The van der Waals surface area contributed by atoms with Crippen molar-refractivity contribution in [3.05, 3.63) is 29.0 Å². The van der Waals surface area contributed by atoms with Gasteiger partial charge in [-0.25, -0.2) is 0 Å². The number of carbonyl (C=O) groups excluding carboxylic acids is 1. The quantitative estimate of drug-likeness (QED) is 0.645. The zero-order chi connectivity index (χ0) is 23.2. The molecule has 176 valence electrons. The van der Waals surface area contributed by atoms with E-state index in [2.05, 4.69) is 38.4 Å². The first-order chi connectivity index (χ1) is 16.7. The van der Waals surface area contributed by atoms with Crippen molar-refractivity contribution in [1.82, 2.24) is 14.5 Å². The van der Waals surface area contributed by atoms with E-state index in [1.807, 2.05) is 13.8 Å². The van der Waals surface area contributed by atoms with Gasteiger partial charge in [0.25, 0.3) is 0 Å². The van der Waals surface area contributed by atoms with Gasteiger partial charge >= 0.3 is 199 Å². The standard InChI is InChI=1S/C24H29BN6O3/c1-3-29-22(32)19-21(30-8-7-26-24(29)30)28-23(27-17-5-9-33-10-6-17)31(19)14-15-12-16-4-11-34-20(16)18(13-15)25-2/h12-13,17H,2-11,14H2,1H3,(H,27,28). The normalized spacial score (nSPS) is 19.3. The number of fused-ring (bicyclic) bond motifs is 4. The van der Waals surface area contributed by atoms with Crippen LogP contribution in [-0.2, 0) is 17.7 Å². The number of hydrogen-bond donors (Lipinski definition) is 1. The Morgan fingerprint density at radius 2 is 2.12 bits per heavy atom. The molecule has 0 unspecified atom stereocenters. The molecule has 1 amide bonds. The van der Waals surface area contributed by atoms with E-state index in [1.165, 1.54) is 5.56 Å². The Kier molecular flexibility index (Phi) is 5.40. The minimum absolute atomic E-state index is 0.0460. The predicted octanol–water partition coefficient (Wildman–Crippen LogP) is 0.870. The zero-order valence-corrected chi connectivity index (χ0v) is 19.5. The van der Waals surface area contributed by atoms with E-state index >= 15 is 0 Å². The van der Waals surface area contributed by atoms with Crippen LogP contribution < -0.4 is 20.4 Å². The zero-order valence-electron chi connectivity index (χ0n) is 19.5. The van der Waals surface area contributed by atoms with Crippen LogP contribution in [0.5, 0.6) is 5.75 Å². The Morgan fingerprint density at radius 1 is 1.26 bits per heavy atom. The summed E-state index contributed by atoms with van der Waals surface area (Å²) in [7, 11) is 0. The number of aliphatic imine (C=N–C) groups is 1. The maximum absolute atomic E-state index is 13.7. The second-order valence-corrected chi connectivity index (χ2v) is 9.08. The van der Waals surface area contributed by atoms with Gasteiger partial charge in [-0.3, -0.25) is 0 Å². The molecule has 0 bridgehead atoms. The van der Waals surface area contributed by atoms with Crippen LogP contribution in [0, 0.1) is 0 Å². The van der Waals surface area contributed by atoms with E-state index < -0.39 is 0 Å². The first-order valence-electron chi connectivity index (χ1n) is 12.2. The number of benzene rings is 1. The number of rotatable bonds is 6. The third kappa shape index (κ3) is 3.43. The molecule has 4 aliphatic rings. The topological polar surface area (TPSA) is 84.2 Å². The van der Waals surface area contributed by atoms with Crippen molar-refractivity contribution in [2.45, 2.75) is 38.8 Å². The molecule has 1 fully saturated rings. The average Bonchev–Trinajstić information content (AvgIpc) is 3.59. The van der Waals surface area contributed by atoms with Gasteiger partial charge in [0, 0.05) is 0 Å². The summed E-state index contributed by atoms with van der Waals surface area (Å²) in [5.41, 5.74) is 3.91. The van der Waals surface area contributed by atoms with Gasteiger partial charge in [0.1, 0.15) is 0 Å². The van der Waals surface area contributed by atoms with Crippen molar-refractivity contribution < 1.29 is 14.3 Å². The van der Waals surface area contributed by atoms with E-state index in [4.69, 9.17) is 14.5 Å². The van der Waals surface area contributed by atoms with Crippen molar-refractivity contribution in [2.75, 3.05) is 49.7 Å². The summed E-state index contributed by atoms with van der Waals surface area (Å²) in [5.74, 6) is 3.03. The molecule has 4 aliphatic heterocycles. The van der Waals surface area contributed by atoms with Gasteiger partial charge in [-0.2, -0.15) is 0 Å². The molecule has 9 nitrogen and oxygen atoms in total. The van der Waals surface area contributed by atoms with E-state index in [-0.39, 0.29) is 11.9 Å². The van der Waals surface area contributed by atoms with Gasteiger partial charge in [0.2, 0.25) is 0 Å². The monoisotopic (exact) mass is 460 g/mol. The molecule has 1 aromatic carbocycles. The number of anilines is 2. The van der Waals surface area contributed by atoms with Crippen molar-refractivity contribution in [1.29, 1.82) is 0 Å². The molecule has 1 N–H and O–H groups in total.